The summed E-state index contributed by atoms with van der Waals surface area (Å²) < 4.78 is 7.50. The van der Waals surface area contributed by atoms with Crippen LogP contribution in [0.25, 0.3) is 0 Å². The van der Waals surface area contributed by atoms with Gasteiger partial charge in [0.2, 0.25) is 0 Å². The number of hydrogen-bond donors (Lipinski definition) is 2. The van der Waals surface area contributed by atoms with Crippen LogP contribution in [0.2, 0.25) is 0 Å². The second-order valence-corrected chi connectivity index (χ2v) is 10.4. The number of nitrogens with zero attached hydrogens (tertiary/aromatic N) is 1. The van der Waals surface area contributed by atoms with E-state index >= 15 is 0 Å². The highest BCUT2D eigenvalue weighted by molar-refractivity contribution is 14.1. The molecule has 2 aromatic carbocycles. The molecule has 1 aliphatic rings. The van der Waals surface area contributed by atoms with Crippen LogP contribution in [0.3, 0.4) is 0 Å². The van der Waals surface area contributed by atoms with E-state index in [1.807, 2.05) is 70.4 Å². The lowest BCUT2D eigenvalue weighted by molar-refractivity contribution is -0.123. The number of thioether (sulfide) groups is 2. The number of phenols is 1. The Labute approximate surface area is 188 Å². The van der Waals surface area contributed by atoms with Crippen molar-refractivity contribution < 1.29 is 14.6 Å². The number of nitrogens with one attached hydrogen (secondary N) is 1. The molecule has 1 saturated heterocycles. The standard InChI is InChI=1S/C18H16BrIN2O3S2/c19-13-7-12(17(24)15(20)8-13)9-21-22-16(23)10-25-14-3-1-11(2-4-14)18-26-5-6-27-18/h1-4,7-9,18,24H,5-6,10H2,(H,22,23)/b21-9+. The highest BCUT2D eigenvalue weighted by Crippen LogP contribution is 2.45. The molecule has 5 nitrogen and oxygen atoms in total. The van der Waals surface area contributed by atoms with Gasteiger partial charge in [-0.25, -0.2) is 5.43 Å². The smallest absolute Gasteiger partial charge is 0.277 e. The van der Waals surface area contributed by atoms with Gasteiger partial charge in [-0.3, -0.25) is 4.79 Å². The van der Waals surface area contributed by atoms with Gasteiger partial charge in [0.1, 0.15) is 11.5 Å². The fourth-order valence-corrected chi connectivity index (χ4v) is 6.72. The summed E-state index contributed by atoms with van der Waals surface area (Å²) in [4.78, 5) is 11.9. The summed E-state index contributed by atoms with van der Waals surface area (Å²) in [6, 6.07) is 11.3. The molecule has 0 spiro atoms. The van der Waals surface area contributed by atoms with Crippen molar-refractivity contribution in [3.63, 3.8) is 0 Å². The van der Waals surface area contributed by atoms with Crippen LogP contribution in [-0.4, -0.2) is 35.3 Å². The van der Waals surface area contributed by atoms with Crippen LogP contribution in [0.1, 0.15) is 15.7 Å². The fourth-order valence-electron chi connectivity index (χ4n) is 2.31. The Kier molecular flexibility index (Phi) is 7.74. The zero-order valence-electron chi connectivity index (χ0n) is 14.0. The number of ether oxygens (including phenoxy) is 1. The van der Waals surface area contributed by atoms with Crippen LogP contribution >= 0.6 is 62.0 Å². The number of hydrogen-bond acceptors (Lipinski definition) is 6. The maximum absolute atomic E-state index is 11.9. The van der Waals surface area contributed by atoms with Gasteiger partial charge >= 0.3 is 0 Å². The van der Waals surface area contributed by atoms with Crippen molar-refractivity contribution >= 4 is 74.2 Å². The molecule has 0 radical (unpaired) electrons. The predicted molar refractivity (Wildman–Crippen MR) is 124 cm³/mol. The molecule has 3 rings (SSSR count). The van der Waals surface area contributed by atoms with Crippen molar-refractivity contribution in [3.8, 4) is 11.5 Å². The minimum Gasteiger partial charge on any atom is -0.506 e. The number of rotatable bonds is 6. The summed E-state index contributed by atoms with van der Waals surface area (Å²) in [6.45, 7) is -0.133. The van der Waals surface area contributed by atoms with Gasteiger partial charge in [0.25, 0.3) is 5.91 Å². The Hall–Kier alpha value is -0.910. The van der Waals surface area contributed by atoms with Crippen molar-refractivity contribution in [2.24, 2.45) is 5.10 Å². The average Bonchev–Trinajstić information content (AvgIpc) is 3.19. The van der Waals surface area contributed by atoms with E-state index in [-0.39, 0.29) is 18.3 Å². The molecular weight excluding hydrogens is 563 g/mol. The highest BCUT2D eigenvalue weighted by atomic mass is 127. The maximum Gasteiger partial charge on any atom is 0.277 e. The highest BCUT2D eigenvalue weighted by Gasteiger charge is 2.18. The molecule has 2 N–H and O–H groups in total. The van der Waals surface area contributed by atoms with E-state index in [4.69, 9.17) is 4.74 Å². The van der Waals surface area contributed by atoms with Crippen LogP contribution in [0.5, 0.6) is 11.5 Å². The monoisotopic (exact) mass is 578 g/mol. The number of aromatic hydroxyl groups is 1. The fraction of sp³-hybridized carbons (Fsp3) is 0.222. The van der Waals surface area contributed by atoms with Crippen LogP contribution in [0, 0.1) is 3.57 Å². The first kappa shape index (κ1) is 20.8. The maximum atomic E-state index is 11.9. The molecular formula is C18H16BrIN2O3S2. The Morgan fingerprint density at radius 3 is 2.74 bits per heavy atom. The minimum atomic E-state index is -0.374. The second kappa shape index (κ2) is 10.0. The molecule has 2 aromatic rings. The molecule has 9 heteroatoms. The summed E-state index contributed by atoms with van der Waals surface area (Å²) in [5.41, 5.74) is 4.17. The third-order valence-electron chi connectivity index (χ3n) is 3.59. The van der Waals surface area contributed by atoms with Gasteiger partial charge in [-0.1, -0.05) is 28.1 Å². The number of hydrazone groups is 1. The average molecular weight is 579 g/mol. The van der Waals surface area contributed by atoms with E-state index in [9.17, 15) is 9.90 Å². The zero-order chi connectivity index (χ0) is 19.2. The van der Waals surface area contributed by atoms with E-state index in [1.54, 1.807) is 12.1 Å². The van der Waals surface area contributed by atoms with Crippen molar-refractivity contribution in [1.82, 2.24) is 5.43 Å². The van der Waals surface area contributed by atoms with Crippen LogP contribution in [0.4, 0.5) is 0 Å². The summed E-state index contributed by atoms with van der Waals surface area (Å²) >= 11 is 9.28. The topological polar surface area (TPSA) is 70.9 Å². The Morgan fingerprint density at radius 2 is 2.04 bits per heavy atom. The van der Waals surface area contributed by atoms with Gasteiger partial charge in [-0.05, 0) is 52.4 Å². The van der Waals surface area contributed by atoms with Gasteiger partial charge in [0.05, 0.1) is 14.4 Å². The molecule has 27 heavy (non-hydrogen) atoms. The number of halogens is 2. The number of carbonyl (C=O) groups excluding carboxylic acids is 1. The number of carbonyl (C=O) groups is 1. The van der Waals surface area contributed by atoms with Crippen molar-refractivity contribution in [2.75, 3.05) is 18.1 Å². The van der Waals surface area contributed by atoms with E-state index in [2.05, 4.69) is 26.5 Å². The molecule has 0 atom stereocenters. The number of phenolic OH excluding ortho intramolecular Hbond substituents is 1. The molecule has 1 fully saturated rings. The third-order valence-corrected chi connectivity index (χ3v) is 7.98. The van der Waals surface area contributed by atoms with E-state index in [0.717, 1.165) is 4.47 Å². The molecule has 0 bridgehead atoms. The molecule has 1 amide bonds. The summed E-state index contributed by atoms with van der Waals surface area (Å²) in [5.74, 6) is 2.76. The van der Waals surface area contributed by atoms with Crippen LogP contribution < -0.4 is 10.2 Å². The van der Waals surface area contributed by atoms with Crippen LogP contribution in [-0.2, 0) is 4.79 Å². The summed E-state index contributed by atoms with van der Waals surface area (Å²) in [7, 11) is 0. The van der Waals surface area contributed by atoms with Gasteiger partial charge in [0.15, 0.2) is 6.61 Å². The van der Waals surface area contributed by atoms with E-state index in [0.29, 0.717) is 19.5 Å². The molecule has 142 valence electrons. The lowest BCUT2D eigenvalue weighted by atomic mass is 10.2. The quantitative estimate of drug-likeness (QED) is 0.294. The van der Waals surface area contributed by atoms with Crippen LogP contribution in [0.15, 0.2) is 46.0 Å². The first-order chi connectivity index (χ1) is 13.0. The van der Waals surface area contributed by atoms with Crippen molar-refractivity contribution in [2.45, 2.75) is 4.58 Å². The van der Waals surface area contributed by atoms with Gasteiger partial charge in [0, 0.05) is 21.5 Å². The van der Waals surface area contributed by atoms with Gasteiger partial charge < -0.3 is 9.84 Å². The molecule has 1 aliphatic heterocycles. The minimum absolute atomic E-state index is 0.117. The molecule has 0 unspecified atom stereocenters. The lowest BCUT2D eigenvalue weighted by Crippen LogP contribution is -2.24. The number of benzene rings is 2. The lowest BCUT2D eigenvalue weighted by Gasteiger charge is -2.10. The normalized spacial score (nSPS) is 14.6. The molecule has 0 aromatic heterocycles. The molecule has 0 aliphatic carbocycles. The number of amides is 1. The summed E-state index contributed by atoms with van der Waals surface area (Å²) in [5, 5.41) is 13.8. The first-order valence-corrected chi connectivity index (χ1v) is 12.0. The van der Waals surface area contributed by atoms with E-state index in [1.165, 1.54) is 23.3 Å². The zero-order valence-corrected chi connectivity index (χ0v) is 19.4. The Morgan fingerprint density at radius 1 is 1.33 bits per heavy atom. The second-order valence-electron chi connectivity index (χ2n) is 5.55. The van der Waals surface area contributed by atoms with Crippen molar-refractivity contribution in [3.05, 3.63) is 55.6 Å². The van der Waals surface area contributed by atoms with Crippen molar-refractivity contribution in [1.29, 1.82) is 0 Å². The SMILES string of the molecule is O=C(COc1ccc(C2SCCS2)cc1)N/N=C/c1cc(Br)cc(I)c1O. The van der Waals surface area contributed by atoms with E-state index < -0.39 is 0 Å². The largest absolute Gasteiger partial charge is 0.506 e. The predicted octanol–water partition coefficient (Wildman–Crippen LogP) is 4.77. The Bertz CT molecular complexity index is 843. The van der Waals surface area contributed by atoms with Gasteiger partial charge in [-0.15, -0.1) is 23.5 Å². The molecule has 0 saturated carbocycles. The van der Waals surface area contributed by atoms with Gasteiger partial charge in [-0.2, -0.15) is 5.10 Å². The first-order valence-electron chi connectivity index (χ1n) is 7.99. The summed E-state index contributed by atoms with van der Waals surface area (Å²) in [6.07, 6.45) is 1.39. The molecule has 1 heterocycles. The Balaban J connectivity index is 1.48. The third kappa shape index (κ3) is 6.03.